The normalized spacial score (nSPS) is 19.0. The number of likely N-dealkylation sites (tertiary alicyclic amines) is 2. The molecular weight excluding hydrogens is 468 g/mol. The Kier molecular flexibility index (Phi) is 6.77. The van der Waals surface area contributed by atoms with Crippen molar-refractivity contribution in [2.75, 3.05) is 26.2 Å². The van der Waals surface area contributed by atoms with E-state index in [0.717, 1.165) is 68.5 Å². The van der Waals surface area contributed by atoms with Crippen LogP contribution in [0.3, 0.4) is 0 Å². The zero-order valence-electron chi connectivity index (χ0n) is 23.0. The molecule has 3 aromatic rings. The van der Waals surface area contributed by atoms with Gasteiger partial charge < -0.3 is 19.1 Å². The summed E-state index contributed by atoms with van der Waals surface area (Å²) >= 11 is 0. The standard InChI is InChI=1S/C28H40N6O3/c1-27(2,3)23-21-9-7-8-10-22(21)34(30-23)25-29-24(37-31-25)19-11-15-32(16-12-19)20-13-17-33(18-14-20)26(35)36-28(4,5)6/h7-10,19-20H,11-18H2,1-6H3. The van der Waals surface area contributed by atoms with Gasteiger partial charge in [-0.25, -0.2) is 4.79 Å². The van der Waals surface area contributed by atoms with Crippen molar-refractivity contribution in [3.63, 3.8) is 0 Å². The van der Waals surface area contributed by atoms with Gasteiger partial charge in [0.05, 0.1) is 11.2 Å². The van der Waals surface area contributed by atoms with Crippen LogP contribution in [0.1, 0.15) is 84.7 Å². The van der Waals surface area contributed by atoms with Crippen LogP contribution in [0.25, 0.3) is 16.9 Å². The smallest absolute Gasteiger partial charge is 0.410 e. The van der Waals surface area contributed by atoms with Crippen LogP contribution in [-0.2, 0) is 10.2 Å². The van der Waals surface area contributed by atoms with Gasteiger partial charge in [0.1, 0.15) is 5.60 Å². The molecule has 2 fully saturated rings. The van der Waals surface area contributed by atoms with Gasteiger partial charge in [-0.2, -0.15) is 14.8 Å². The lowest BCUT2D eigenvalue weighted by Crippen LogP contribution is -2.49. The number of hydrogen-bond acceptors (Lipinski definition) is 7. The molecule has 0 unspecified atom stereocenters. The van der Waals surface area contributed by atoms with Crippen molar-refractivity contribution in [3.8, 4) is 5.95 Å². The third-order valence-corrected chi connectivity index (χ3v) is 7.43. The van der Waals surface area contributed by atoms with Crippen molar-refractivity contribution in [1.29, 1.82) is 0 Å². The number of piperidine rings is 2. The summed E-state index contributed by atoms with van der Waals surface area (Å²) in [6.45, 7) is 15.7. The molecule has 1 aromatic carbocycles. The minimum absolute atomic E-state index is 0.0900. The van der Waals surface area contributed by atoms with E-state index in [9.17, 15) is 4.79 Å². The Bertz CT molecular complexity index is 1230. The van der Waals surface area contributed by atoms with Crippen molar-refractivity contribution >= 4 is 17.0 Å². The zero-order chi connectivity index (χ0) is 26.4. The van der Waals surface area contributed by atoms with Crippen molar-refractivity contribution in [3.05, 3.63) is 35.9 Å². The molecule has 9 nitrogen and oxygen atoms in total. The quantitative estimate of drug-likeness (QED) is 0.475. The van der Waals surface area contributed by atoms with Crippen LogP contribution in [-0.4, -0.2) is 73.6 Å². The Morgan fingerprint density at radius 2 is 1.65 bits per heavy atom. The molecule has 2 aliphatic rings. The minimum Gasteiger partial charge on any atom is -0.444 e. The fraction of sp³-hybridized carbons (Fsp3) is 0.643. The van der Waals surface area contributed by atoms with Gasteiger partial charge in [-0.15, -0.1) is 0 Å². The molecule has 0 N–H and O–H groups in total. The summed E-state index contributed by atoms with van der Waals surface area (Å²) in [6, 6.07) is 8.72. The maximum absolute atomic E-state index is 12.4. The van der Waals surface area contributed by atoms with Crippen LogP contribution in [0.4, 0.5) is 4.79 Å². The SMILES string of the molecule is CC(C)(C)OC(=O)N1CCC(N2CCC(c3nc(-n4nc(C(C)(C)C)c5ccccc54)no3)CC2)CC1. The molecule has 2 aromatic heterocycles. The van der Waals surface area contributed by atoms with E-state index < -0.39 is 5.60 Å². The first-order chi connectivity index (χ1) is 17.5. The molecule has 200 valence electrons. The van der Waals surface area contributed by atoms with Crippen LogP contribution in [0.2, 0.25) is 0 Å². The van der Waals surface area contributed by atoms with E-state index in [0.29, 0.717) is 17.9 Å². The largest absolute Gasteiger partial charge is 0.444 e. The van der Waals surface area contributed by atoms with Gasteiger partial charge in [0.2, 0.25) is 5.89 Å². The number of hydrogen-bond donors (Lipinski definition) is 0. The number of nitrogens with zero attached hydrogens (tertiary/aromatic N) is 6. The van der Waals surface area contributed by atoms with Gasteiger partial charge in [0.15, 0.2) is 0 Å². The van der Waals surface area contributed by atoms with Crippen LogP contribution in [0.5, 0.6) is 0 Å². The maximum atomic E-state index is 12.4. The van der Waals surface area contributed by atoms with E-state index in [1.807, 2.05) is 42.5 Å². The molecule has 0 bridgehead atoms. The van der Waals surface area contributed by atoms with Gasteiger partial charge in [-0.3, -0.25) is 0 Å². The first-order valence-electron chi connectivity index (χ1n) is 13.5. The number of aromatic nitrogens is 4. The Hall–Kier alpha value is -2.94. The molecule has 4 heterocycles. The minimum atomic E-state index is -0.455. The second kappa shape index (κ2) is 9.74. The van der Waals surface area contributed by atoms with E-state index in [4.69, 9.17) is 19.3 Å². The molecule has 2 aliphatic heterocycles. The van der Waals surface area contributed by atoms with Crippen LogP contribution in [0.15, 0.2) is 28.8 Å². The van der Waals surface area contributed by atoms with Crippen molar-refractivity contribution in [2.45, 2.75) is 90.2 Å². The lowest BCUT2D eigenvalue weighted by Gasteiger charge is -2.41. The van der Waals surface area contributed by atoms with Crippen LogP contribution in [0, 0.1) is 0 Å². The molecule has 1 amide bonds. The van der Waals surface area contributed by atoms with Gasteiger partial charge in [-0.05, 0) is 70.8 Å². The number of rotatable bonds is 3. The average Bonchev–Trinajstić information content (AvgIpc) is 3.48. The fourth-order valence-electron chi connectivity index (χ4n) is 5.50. The summed E-state index contributed by atoms with van der Waals surface area (Å²) in [5.74, 6) is 1.45. The van der Waals surface area contributed by atoms with Crippen molar-refractivity contribution < 1.29 is 14.1 Å². The topological polar surface area (TPSA) is 89.5 Å². The summed E-state index contributed by atoms with van der Waals surface area (Å²) in [5, 5.41) is 10.3. The van der Waals surface area contributed by atoms with Gasteiger partial charge in [-0.1, -0.05) is 39.0 Å². The number of amides is 1. The highest BCUT2D eigenvalue weighted by molar-refractivity contribution is 5.84. The monoisotopic (exact) mass is 508 g/mol. The number of carbonyl (C=O) groups excluding carboxylic acids is 1. The summed E-state index contributed by atoms with van der Waals surface area (Å²) in [6.07, 6.45) is 3.74. The van der Waals surface area contributed by atoms with Crippen LogP contribution >= 0.6 is 0 Å². The highest BCUT2D eigenvalue weighted by Gasteiger charge is 2.33. The predicted molar refractivity (Wildman–Crippen MR) is 142 cm³/mol. The van der Waals surface area contributed by atoms with Crippen molar-refractivity contribution in [2.24, 2.45) is 0 Å². The molecule has 5 rings (SSSR count). The molecule has 2 saturated heterocycles. The third-order valence-electron chi connectivity index (χ3n) is 7.43. The van der Waals surface area contributed by atoms with Gasteiger partial charge >= 0.3 is 6.09 Å². The lowest BCUT2D eigenvalue weighted by molar-refractivity contribution is 0.0124. The number of ether oxygens (including phenoxy) is 1. The van der Waals surface area contributed by atoms with Crippen molar-refractivity contribution in [1.82, 2.24) is 29.7 Å². The number of para-hydroxylation sites is 1. The predicted octanol–water partition coefficient (Wildman–Crippen LogP) is 5.28. The van der Waals surface area contributed by atoms with E-state index in [2.05, 4.69) is 43.0 Å². The van der Waals surface area contributed by atoms with E-state index in [1.54, 1.807) is 0 Å². The molecular formula is C28H40N6O3. The second-order valence-electron chi connectivity index (χ2n) is 12.5. The summed E-state index contributed by atoms with van der Waals surface area (Å²) < 4.78 is 13.1. The summed E-state index contributed by atoms with van der Waals surface area (Å²) in [5.41, 5.74) is 1.48. The highest BCUT2D eigenvalue weighted by atomic mass is 16.6. The Morgan fingerprint density at radius 1 is 0.973 bits per heavy atom. The highest BCUT2D eigenvalue weighted by Crippen LogP contribution is 2.33. The molecule has 0 radical (unpaired) electrons. The Labute approximate surface area is 219 Å². The molecule has 0 spiro atoms. The van der Waals surface area contributed by atoms with Crippen LogP contribution < -0.4 is 0 Å². The van der Waals surface area contributed by atoms with E-state index in [-0.39, 0.29) is 17.4 Å². The van der Waals surface area contributed by atoms with Gasteiger partial charge in [0, 0.05) is 35.9 Å². The Balaban J connectivity index is 1.20. The Morgan fingerprint density at radius 3 is 2.30 bits per heavy atom. The molecule has 37 heavy (non-hydrogen) atoms. The van der Waals surface area contributed by atoms with E-state index in [1.165, 1.54) is 0 Å². The molecule has 9 heteroatoms. The molecule has 0 saturated carbocycles. The summed E-state index contributed by atoms with van der Waals surface area (Å²) in [7, 11) is 0. The number of carbonyl (C=O) groups is 1. The molecule has 0 aliphatic carbocycles. The zero-order valence-corrected chi connectivity index (χ0v) is 23.0. The average molecular weight is 509 g/mol. The van der Waals surface area contributed by atoms with Gasteiger partial charge in [0.25, 0.3) is 5.95 Å². The number of benzene rings is 1. The first kappa shape index (κ1) is 25.7. The van der Waals surface area contributed by atoms with E-state index >= 15 is 0 Å². The maximum Gasteiger partial charge on any atom is 0.410 e. The lowest BCUT2D eigenvalue weighted by atomic mass is 9.90. The first-order valence-corrected chi connectivity index (χ1v) is 13.5. The fourth-order valence-corrected chi connectivity index (χ4v) is 5.50. The second-order valence-corrected chi connectivity index (χ2v) is 12.5. The third kappa shape index (κ3) is 5.51. The number of fused-ring (bicyclic) bond motifs is 1. The summed E-state index contributed by atoms with van der Waals surface area (Å²) in [4.78, 5) is 21.6. The molecule has 0 atom stereocenters.